The zero-order valence-corrected chi connectivity index (χ0v) is 13.5. The van der Waals surface area contributed by atoms with Crippen LogP contribution in [0.3, 0.4) is 0 Å². The van der Waals surface area contributed by atoms with E-state index in [-0.39, 0.29) is 35.2 Å². The largest absolute Gasteiger partial charge is 0.446 e. The third kappa shape index (κ3) is 4.63. The van der Waals surface area contributed by atoms with Gasteiger partial charge in [0.05, 0.1) is 19.3 Å². The summed E-state index contributed by atoms with van der Waals surface area (Å²) in [7, 11) is 0. The van der Waals surface area contributed by atoms with Gasteiger partial charge in [-0.2, -0.15) is 13.2 Å². The van der Waals surface area contributed by atoms with Crippen LogP contribution in [0.1, 0.15) is 5.56 Å². The van der Waals surface area contributed by atoms with Crippen molar-refractivity contribution in [2.24, 2.45) is 0 Å². The molecule has 7 nitrogen and oxygen atoms in total. The first-order chi connectivity index (χ1) is 11.8. The Morgan fingerprint density at radius 3 is 2.76 bits per heavy atom. The van der Waals surface area contributed by atoms with Crippen molar-refractivity contribution in [3.8, 4) is 0 Å². The number of nitrogens with one attached hydrogen (secondary N) is 1. The van der Waals surface area contributed by atoms with Crippen LogP contribution in [0.25, 0.3) is 0 Å². The Morgan fingerprint density at radius 1 is 1.40 bits per heavy atom. The number of thioether (sulfide) groups is 1. The average Bonchev–Trinajstić information content (AvgIpc) is 2.96. The van der Waals surface area contributed by atoms with E-state index in [1.165, 1.54) is 18.3 Å². The highest BCUT2D eigenvalue weighted by atomic mass is 32.2. The Morgan fingerprint density at radius 2 is 2.12 bits per heavy atom. The number of rotatable bonds is 5. The lowest BCUT2D eigenvalue weighted by molar-refractivity contribution is -0.389. The predicted molar refractivity (Wildman–Crippen MR) is 84.3 cm³/mol. The molecule has 1 aromatic heterocycles. The number of fused-ring (bicyclic) bond motifs is 1. The van der Waals surface area contributed by atoms with Gasteiger partial charge in [-0.15, -0.1) is 0 Å². The summed E-state index contributed by atoms with van der Waals surface area (Å²) < 4.78 is 44.2. The van der Waals surface area contributed by atoms with Crippen molar-refractivity contribution in [3.63, 3.8) is 0 Å². The molecular formula is C14H13F3N4O3S. The van der Waals surface area contributed by atoms with Gasteiger partial charge >= 0.3 is 17.3 Å². The van der Waals surface area contributed by atoms with E-state index in [0.717, 1.165) is 5.56 Å². The van der Waals surface area contributed by atoms with Crippen molar-refractivity contribution in [2.75, 3.05) is 11.9 Å². The summed E-state index contributed by atoms with van der Waals surface area (Å²) >= 11 is -0.164. The van der Waals surface area contributed by atoms with Gasteiger partial charge < -0.3 is 20.2 Å². The number of imidazole rings is 1. The van der Waals surface area contributed by atoms with Crippen LogP contribution in [-0.4, -0.2) is 32.6 Å². The molecule has 0 bridgehead atoms. The Kier molecular flexibility index (Phi) is 4.86. The standard InChI is InChI=1S/C14H13F3N4O3S/c15-14(16,17)25-11-3-1-9(2-4-11)8-24-10-5-18-13-19-12(21(22)23)7-20(13)6-10/h1-4,7,10H,5-6,8H2,(H,18,19)/t10-/m1/s1. The Hall–Kier alpha value is -2.27. The second kappa shape index (κ2) is 6.92. The van der Waals surface area contributed by atoms with Crippen molar-refractivity contribution in [3.05, 3.63) is 46.1 Å². The molecule has 0 aliphatic carbocycles. The molecule has 1 aromatic carbocycles. The van der Waals surface area contributed by atoms with Gasteiger partial charge in [-0.25, -0.2) is 0 Å². The van der Waals surface area contributed by atoms with E-state index in [1.54, 1.807) is 16.7 Å². The van der Waals surface area contributed by atoms with E-state index < -0.39 is 10.4 Å². The molecule has 1 aliphatic heterocycles. The molecule has 3 rings (SSSR count). The van der Waals surface area contributed by atoms with Gasteiger partial charge in [0.15, 0.2) is 0 Å². The van der Waals surface area contributed by atoms with Gasteiger partial charge in [0.1, 0.15) is 6.20 Å². The first kappa shape index (κ1) is 17.5. The maximum atomic E-state index is 12.3. The summed E-state index contributed by atoms with van der Waals surface area (Å²) in [4.78, 5) is 14.1. The monoisotopic (exact) mass is 374 g/mol. The summed E-state index contributed by atoms with van der Waals surface area (Å²) in [6, 6.07) is 5.95. The third-order valence-corrected chi connectivity index (χ3v) is 4.22. The molecule has 2 heterocycles. The predicted octanol–water partition coefficient (Wildman–Crippen LogP) is 3.41. The van der Waals surface area contributed by atoms with Crippen molar-refractivity contribution >= 4 is 23.5 Å². The Labute approximate surface area is 144 Å². The normalized spacial score (nSPS) is 17.0. The highest BCUT2D eigenvalue weighted by Crippen LogP contribution is 2.36. The lowest BCUT2D eigenvalue weighted by atomic mass is 10.2. The maximum absolute atomic E-state index is 12.3. The molecule has 1 N–H and O–H groups in total. The van der Waals surface area contributed by atoms with Crippen molar-refractivity contribution < 1.29 is 22.8 Å². The quantitative estimate of drug-likeness (QED) is 0.491. The number of hydrogen-bond donors (Lipinski definition) is 1. The first-order valence-corrected chi connectivity index (χ1v) is 8.03. The van der Waals surface area contributed by atoms with E-state index >= 15 is 0 Å². The second-order valence-electron chi connectivity index (χ2n) is 5.34. The summed E-state index contributed by atoms with van der Waals surface area (Å²) in [6.45, 7) is 1.08. The maximum Gasteiger partial charge on any atom is 0.446 e. The van der Waals surface area contributed by atoms with E-state index in [4.69, 9.17) is 4.74 Å². The summed E-state index contributed by atoms with van der Waals surface area (Å²) in [5.41, 5.74) is -3.56. The van der Waals surface area contributed by atoms with Crippen LogP contribution in [0.2, 0.25) is 0 Å². The van der Waals surface area contributed by atoms with E-state index in [1.807, 2.05) is 0 Å². The highest BCUT2D eigenvalue weighted by Gasteiger charge is 2.29. The van der Waals surface area contributed by atoms with Gasteiger partial charge in [0.25, 0.3) is 0 Å². The molecule has 0 spiro atoms. The number of alkyl halides is 3. The number of hydrogen-bond acceptors (Lipinski definition) is 6. The highest BCUT2D eigenvalue weighted by molar-refractivity contribution is 8.00. The van der Waals surface area contributed by atoms with Crippen LogP contribution in [0.15, 0.2) is 35.4 Å². The van der Waals surface area contributed by atoms with Gasteiger partial charge in [-0.05, 0) is 34.4 Å². The molecule has 0 fully saturated rings. The molecular weight excluding hydrogens is 361 g/mol. The van der Waals surface area contributed by atoms with Crippen LogP contribution in [0.5, 0.6) is 0 Å². The molecule has 0 amide bonds. The number of halogens is 3. The third-order valence-electron chi connectivity index (χ3n) is 3.48. The summed E-state index contributed by atoms with van der Waals surface area (Å²) in [5.74, 6) is 0.181. The molecule has 0 radical (unpaired) electrons. The topological polar surface area (TPSA) is 82.2 Å². The van der Waals surface area contributed by atoms with Crippen molar-refractivity contribution in [1.82, 2.24) is 9.55 Å². The number of benzene rings is 1. The second-order valence-corrected chi connectivity index (χ2v) is 6.48. The lowest BCUT2D eigenvalue weighted by Gasteiger charge is -2.23. The number of aromatic nitrogens is 2. The van der Waals surface area contributed by atoms with Crippen LogP contribution in [0, 0.1) is 10.1 Å². The number of anilines is 1. The lowest BCUT2D eigenvalue weighted by Crippen LogP contribution is -2.33. The van der Waals surface area contributed by atoms with Crippen LogP contribution >= 0.6 is 11.8 Å². The number of ether oxygens (including phenoxy) is 1. The van der Waals surface area contributed by atoms with Gasteiger partial charge in [-0.3, -0.25) is 4.57 Å². The summed E-state index contributed by atoms with van der Waals surface area (Å²) in [5, 5.41) is 13.7. The van der Waals surface area contributed by atoms with E-state index in [0.29, 0.717) is 19.0 Å². The van der Waals surface area contributed by atoms with E-state index in [2.05, 4.69) is 10.3 Å². The molecule has 1 aliphatic rings. The molecule has 134 valence electrons. The molecule has 0 unspecified atom stereocenters. The Bertz CT molecular complexity index is 764. The minimum absolute atomic E-state index is 0.117. The summed E-state index contributed by atoms with van der Waals surface area (Å²) in [6.07, 6.45) is 1.10. The van der Waals surface area contributed by atoms with Crippen LogP contribution in [-0.2, 0) is 17.9 Å². The first-order valence-electron chi connectivity index (χ1n) is 7.22. The minimum atomic E-state index is -4.31. The van der Waals surface area contributed by atoms with Crippen molar-refractivity contribution in [1.29, 1.82) is 0 Å². The van der Waals surface area contributed by atoms with Gasteiger partial charge in [-0.1, -0.05) is 12.1 Å². The van der Waals surface area contributed by atoms with Crippen LogP contribution < -0.4 is 5.32 Å². The fourth-order valence-electron chi connectivity index (χ4n) is 2.37. The SMILES string of the molecule is O=[N+]([O-])c1cn2c(n1)NC[C@@H](OCc1ccc(SC(F)(F)F)cc1)C2. The smallest absolute Gasteiger partial charge is 0.370 e. The Balaban J connectivity index is 1.54. The molecule has 0 saturated carbocycles. The molecule has 25 heavy (non-hydrogen) atoms. The molecule has 11 heteroatoms. The van der Waals surface area contributed by atoms with E-state index in [9.17, 15) is 23.3 Å². The molecule has 1 atom stereocenters. The minimum Gasteiger partial charge on any atom is -0.370 e. The number of nitro groups is 1. The zero-order chi connectivity index (χ0) is 18.0. The molecule has 2 aromatic rings. The van der Waals surface area contributed by atoms with Gasteiger partial charge in [0.2, 0.25) is 0 Å². The number of nitrogens with zero attached hydrogens (tertiary/aromatic N) is 3. The average molecular weight is 374 g/mol. The van der Waals surface area contributed by atoms with Crippen LogP contribution in [0.4, 0.5) is 24.9 Å². The fourth-order valence-corrected chi connectivity index (χ4v) is 2.91. The van der Waals surface area contributed by atoms with Gasteiger partial charge in [0, 0.05) is 16.4 Å². The zero-order valence-electron chi connectivity index (χ0n) is 12.7. The van der Waals surface area contributed by atoms with Crippen molar-refractivity contribution in [2.45, 2.75) is 29.7 Å². The molecule has 0 saturated heterocycles. The fraction of sp³-hybridized carbons (Fsp3) is 0.357.